The van der Waals surface area contributed by atoms with Crippen LogP contribution in [0.3, 0.4) is 0 Å². The fourth-order valence-corrected chi connectivity index (χ4v) is 6.37. The number of hydrogen-bond donors (Lipinski definition) is 2. The van der Waals surface area contributed by atoms with Gasteiger partial charge in [0.1, 0.15) is 23.4 Å². The summed E-state index contributed by atoms with van der Waals surface area (Å²) in [7, 11) is -4.16. The summed E-state index contributed by atoms with van der Waals surface area (Å²) in [5.41, 5.74) is -0.360. The lowest BCUT2D eigenvalue weighted by Gasteiger charge is -2.41. The molecular weight excluding hydrogens is 552 g/mol. The molecule has 0 bridgehead atoms. The average molecular weight is 589 g/mol. The van der Waals surface area contributed by atoms with E-state index < -0.39 is 40.1 Å². The molecule has 4 aromatic rings. The van der Waals surface area contributed by atoms with Crippen molar-refractivity contribution in [3.05, 3.63) is 138 Å². The SMILES string of the molecule is Cc1ccc(S(=O)(=O)OCC2O[C@H](COCc3ccccc3)[C@](O)(Cc3ccccc3)[C@@]2(O)Cc2ccccc2)cc1. The van der Waals surface area contributed by atoms with E-state index >= 15 is 0 Å². The van der Waals surface area contributed by atoms with Crippen molar-refractivity contribution >= 4 is 10.1 Å². The molecular formula is C34H36O7S. The fraction of sp³-hybridized carbons (Fsp3) is 0.294. The number of rotatable bonds is 12. The Balaban J connectivity index is 1.47. The van der Waals surface area contributed by atoms with E-state index in [9.17, 15) is 18.6 Å². The molecule has 1 aliphatic heterocycles. The lowest BCUT2D eigenvalue weighted by molar-refractivity contribution is -0.151. The van der Waals surface area contributed by atoms with Crippen molar-refractivity contribution in [2.24, 2.45) is 0 Å². The number of aliphatic hydroxyl groups is 2. The first-order valence-corrected chi connectivity index (χ1v) is 15.4. The summed E-state index contributed by atoms with van der Waals surface area (Å²) in [6.07, 6.45) is -2.11. The minimum absolute atomic E-state index is 0.0000113. The van der Waals surface area contributed by atoms with E-state index in [0.29, 0.717) is 0 Å². The Hall–Kier alpha value is -3.37. The number of ether oxygens (including phenoxy) is 2. The van der Waals surface area contributed by atoms with Crippen LogP contribution in [0.1, 0.15) is 22.3 Å². The van der Waals surface area contributed by atoms with Gasteiger partial charge in [-0.15, -0.1) is 0 Å². The van der Waals surface area contributed by atoms with Gasteiger partial charge in [0.05, 0.1) is 24.7 Å². The second kappa shape index (κ2) is 12.9. The van der Waals surface area contributed by atoms with E-state index in [2.05, 4.69) is 0 Å². The van der Waals surface area contributed by atoms with Crippen molar-refractivity contribution < 1.29 is 32.3 Å². The highest BCUT2D eigenvalue weighted by Crippen LogP contribution is 2.45. The molecule has 1 saturated heterocycles. The number of benzene rings is 4. The second-order valence-electron chi connectivity index (χ2n) is 10.8. The minimum Gasteiger partial charge on any atom is -0.384 e. The third-order valence-corrected chi connectivity index (χ3v) is 9.14. The summed E-state index contributed by atoms with van der Waals surface area (Å²) in [4.78, 5) is -0.0000113. The largest absolute Gasteiger partial charge is 0.384 e. The molecule has 42 heavy (non-hydrogen) atoms. The highest BCUT2D eigenvalue weighted by molar-refractivity contribution is 7.86. The molecule has 1 unspecified atom stereocenters. The van der Waals surface area contributed by atoms with Gasteiger partial charge in [0.2, 0.25) is 0 Å². The molecule has 0 spiro atoms. The molecule has 7 nitrogen and oxygen atoms in total. The zero-order valence-corrected chi connectivity index (χ0v) is 24.3. The van der Waals surface area contributed by atoms with E-state index in [0.717, 1.165) is 22.3 Å². The summed E-state index contributed by atoms with van der Waals surface area (Å²) in [6.45, 7) is 1.62. The summed E-state index contributed by atoms with van der Waals surface area (Å²) < 4.78 is 44.0. The van der Waals surface area contributed by atoms with Gasteiger partial charge in [-0.2, -0.15) is 8.42 Å². The third kappa shape index (κ3) is 6.65. The van der Waals surface area contributed by atoms with E-state index in [1.165, 1.54) is 12.1 Å². The molecule has 0 amide bonds. The first-order chi connectivity index (χ1) is 20.2. The van der Waals surface area contributed by atoms with Gasteiger partial charge in [-0.05, 0) is 35.7 Å². The molecule has 4 atom stereocenters. The van der Waals surface area contributed by atoms with E-state index in [1.807, 2.05) is 97.9 Å². The van der Waals surface area contributed by atoms with E-state index in [4.69, 9.17) is 13.7 Å². The minimum atomic E-state index is -4.16. The van der Waals surface area contributed by atoms with Gasteiger partial charge in [0.15, 0.2) is 0 Å². The summed E-state index contributed by atoms with van der Waals surface area (Å²) in [5.74, 6) is 0. The van der Waals surface area contributed by atoms with E-state index in [-0.39, 0.29) is 31.0 Å². The van der Waals surface area contributed by atoms with Gasteiger partial charge in [-0.3, -0.25) is 4.18 Å². The van der Waals surface area contributed by atoms with Crippen molar-refractivity contribution in [3.63, 3.8) is 0 Å². The van der Waals surface area contributed by atoms with Gasteiger partial charge in [-0.1, -0.05) is 109 Å². The van der Waals surface area contributed by atoms with Crippen LogP contribution in [-0.2, 0) is 43.2 Å². The Morgan fingerprint density at radius 3 is 1.62 bits per heavy atom. The van der Waals surface area contributed by atoms with Crippen LogP contribution >= 0.6 is 0 Å². The Morgan fingerprint density at radius 1 is 0.667 bits per heavy atom. The van der Waals surface area contributed by atoms with Crippen molar-refractivity contribution in [2.45, 2.75) is 54.7 Å². The van der Waals surface area contributed by atoms with Gasteiger partial charge in [0.25, 0.3) is 10.1 Å². The second-order valence-corrected chi connectivity index (χ2v) is 12.5. The third-order valence-electron chi connectivity index (χ3n) is 7.84. The molecule has 0 saturated carbocycles. The molecule has 4 aromatic carbocycles. The van der Waals surface area contributed by atoms with Gasteiger partial charge in [-0.25, -0.2) is 0 Å². The first-order valence-electron chi connectivity index (χ1n) is 14.0. The van der Waals surface area contributed by atoms with Gasteiger partial charge >= 0.3 is 0 Å². The van der Waals surface area contributed by atoms with Crippen LogP contribution in [-0.4, -0.2) is 55.3 Å². The normalized spacial score (nSPS) is 24.1. The van der Waals surface area contributed by atoms with Crippen molar-refractivity contribution in [1.82, 2.24) is 0 Å². The van der Waals surface area contributed by atoms with Crippen molar-refractivity contribution in [1.29, 1.82) is 0 Å². The fourth-order valence-electron chi connectivity index (χ4n) is 5.47. The van der Waals surface area contributed by atoms with Crippen LogP contribution in [0.4, 0.5) is 0 Å². The smallest absolute Gasteiger partial charge is 0.297 e. The first kappa shape index (κ1) is 30.1. The lowest BCUT2D eigenvalue weighted by Crippen LogP contribution is -2.63. The monoisotopic (exact) mass is 588 g/mol. The molecule has 5 rings (SSSR count). The molecule has 0 aromatic heterocycles. The molecule has 8 heteroatoms. The Bertz CT molecular complexity index is 1530. The topological polar surface area (TPSA) is 102 Å². The molecule has 220 valence electrons. The van der Waals surface area contributed by atoms with Crippen LogP contribution in [0.25, 0.3) is 0 Å². The van der Waals surface area contributed by atoms with Crippen molar-refractivity contribution in [2.75, 3.05) is 13.2 Å². The maximum atomic E-state index is 13.1. The number of aryl methyl sites for hydroxylation is 1. The van der Waals surface area contributed by atoms with E-state index in [1.54, 1.807) is 12.1 Å². The molecule has 2 N–H and O–H groups in total. The van der Waals surface area contributed by atoms with Crippen LogP contribution in [0.5, 0.6) is 0 Å². The molecule has 0 aliphatic carbocycles. The van der Waals surface area contributed by atoms with Crippen LogP contribution in [0, 0.1) is 6.92 Å². The predicted molar refractivity (Wildman–Crippen MR) is 159 cm³/mol. The van der Waals surface area contributed by atoms with Crippen LogP contribution < -0.4 is 0 Å². The Labute approximate surface area is 247 Å². The Morgan fingerprint density at radius 2 is 1.12 bits per heavy atom. The summed E-state index contributed by atoms with van der Waals surface area (Å²) in [5, 5.41) is 24.9. The Kier molecular flexibility index (Phi) is 9.22. The maximum absolute atomic E-state index is 13.1. The quantitative estimate of drug-likeness (QED) is 0.233. The standard InChI is InChI=1S/C34H36O7S/c1-26-17-19-30(20-18-26)42(37,38)40-25-32-34(36,22-28-13-7-3-8-14-28)33(35,21-27-11-5-2-6-12-27)31(41-32)24-39-23-29-15-9-4-10-16-29/h2-20,31-32,35-36H,21-25H2,1H3/t31-,32?,33-,34-/m1/s1. The zero-order chi connectivity index (χ0) is 29.6. The van der Waals surface area contributed by atoms with Crippen molar-refractivity contribution in [3.8, 4) is 0 Å². The average Bonchev–Trinajstić information content (AvgIpc) is 3.19. The predicted octanol–water partition coefficient (Wildman–Crippen LogP) is 4.63. The summed E-state index contributed by atoms with van der Waals surface area (Å²) >= 11 is 0. The molecule has 1 fully saturated rings. The van der Waals surface area contributed by atoms with Gasteiger partial charge in [0, 0.05) is 12.8 Å². The molecule has 0 radical (unpaired) electrons. The highest BCUT2D eigenvalue weighted by atomic mass is 32.2. The highest BCUT2D eigenvalue weighted by Gasteiger charge is 2.65. The van der Waals surface area contributed by atoms with Crippen LogP contribution in [0.15, 0.2) is 120 Å². The van der Waals surface area contributed by atoms with Gasteiger partial charge < -0.3 is 19.7 Å². The number of hydrogen-bond acceptors (Lipinski definition) is 7. The maximum Gasteiger partial charge on any atom is 0.297 e. The lowest BCUT2D eigenvalue weighted by atomic mass is 9.71. The molecule has 1 heterocycles. The summed E-state index contributed by atoms with van der Waals surface area (Å²) in [6, 6.07) is 34.5. The van der Waals surface area contributed by atoms with Crippen LogP contribution in [0.2, 0.25) is 0 Å². The zero-order valence-electron chi connectivity index (χ0n) is 23.5. The molecule has 1 aliphatic rings.